The SMILES string of the molecule is CCNC(=NCC(c1ccsc1)N(CC)CC)NCCNC(=O)C1CC1. The van der Waals surface area contributed by atoms with E-state index in [0.717, 1.165) is 38.4 Å². The summed E-state index contributed by atoms with van der Waals surface area (Å²) < 4.78 is 0. The number of hydrogen-bond acceptors (Lipinski definition) is 4. The molecule has 3 N–H and O–H groups in total. The monoisotopic (exact) mass is 379 g/mol. The molecule has 1 atom stereocenters. The van der Waals surface area contributed by atoms with Gasteiger partial charge in [-0.05, 0) is 55.2 Å². The molecular weight excluding hydrogens is 346 g/mol. The minimum absolute atomic E-state index is 0.188. The number of thiophene rings is 1. The summed E-state index contributed by atoms with van der Waals surface area (Å²) in [6.07, 6.45) is 2.08. The van der Waals surface area contributed by atoms with Crippen LogP contribution in [0.15, 0.2) is 21.8 Å². The number of hydrogen-bond donors (Lipinski definition) is 3. The van der Waals surface area contributed by atoms with Crippen LogP contribution in [0.4, 0.5) is 0 Å². The Bertz CT molecular complexity index is 552. The first-order valence-electron chi connectivity index (χ1n) is 9.75. The second-order valence-electron chi connectivity index (χ2n) is 6.51. The number of rotatable bonds is 11. The van der Waals surface area contributed by atoms with Gasteiger partial charge >= 0.3 is 0 Å². The lowest BCUT2D eigenvalue weighted by atomic mass is 10.1. The lowest BCUT2D eigenvalue weighted by Crippen LogP contribution is -2.42. The van der Waals surface area contributed by atoms with Gasteiger partial charge in [0.25, 0.3) is 0 Å². The third-order valence-electron chi connectivity index (χ3n) is 4.61. The van der Waals surface area contributed by atoms with E-state index >= 15 is 0 Å². The number of nitrogens with zero attached hydrogens (tertiary/aromatic N) is 2. The van der Waals surface area contributed by atoms with Gasteiger partial charge in [-0.1, -0.05) is 13.8 Å². The Balaban J connectivity index is 1.88. The van der Waals surface area contributed by atoms with Gasteiger partial charge in [-0.2, -0.15) is 11.3 Å². The van der Waals surface area contributed by atoms with Crippen LogP contribution in [0.5, 0.6) is 0 Å². The van der Waals surface area contributed by atoms with E-state index in [1.54, 1.807) is 11.3 Å². The molecule has 7 heteroatoms. The summed E-state index contributed by atoms with van der Waals surface area (Å²) in [7, 11) is 0. The van der Waals surface area contributed by atoms with Crippen LogP contribution in [-0.4, -0.2) is 56.0 Å². The average molecular weight is 380 g/mol. The van der Waals surface area contributed by atoms with Crippen LogP contribution in [0.1, 0.15) is 45.2 Å². The Kier molecular flexibility index (Phi) is 8.91. The molecule has 0 radical (unpaired) electrons. The van der Waals surface area contributed by atoms with Crippen LogP contribution in [0.3, 0.4) is 0 Å². The van der Waals surface area contributed by atoms with Crippen LogP contribution >= 0.6 is 11.3 Å². The van der Waals surface area contributed by atoms with E-state index in [1.165, 1.54) is 5.56 Å². The van der Waals surface area contributed by atoms with Gasteiger partial charge in [-0.3, -0.25) is 14.7 Å². The molecule has 0 spiro atoms. The third-order valence-corrected chi connectivity index (χ3v) is 5.31. The average Bonchev–Trinajstić information content (AvgIpc) is 3.37. The van der Waals surface area contributed by atoms with Crippen molar-refractivity contribution in [2.24, 2.45) is 10.9 Å². The molecule has 1 aliphatic carbocycles. The number of amides is 1. The highest BCUT2D eigenvalue weighted by Gasteiger charge is 2.29. The number of carbonyl (C=O) groups is 1. The maximum Gasteiger partial charge on any atom is 0.223 e. The summed E-state index contributed by atoms with van der Waals surface area (Å²) in [6.45, 7) is 11.3. The summed E-state index contributed by atoms with van der Waals surface area (Å²) in [6, 6.07) is 2.48. The summed E-state index contributed by atoms with van der Waals surface area (Å²) in [5, 5.41) is 13.9. The molecule has 1 aliphatic rings. The van der Waals surface area contributed by atoms with Crippen molar-refractivity contribution in [2.75, 3.05) is 39.3 Å². The van der Waals surface area contributed by atoms with Gasteiger partial charge < -0.3 is 16.0 Å². The zero-order valence-electron chi connectivity index (χ0n) is 16.3. The molecule has 1 amide bonds. The predicted octanol–water partition coefficient (Wildman–Crippen LogP) is 2.21. The van der Waals surface area contributed by atoms with Gasteiger partial charge in [0.1, 0.15) is 0 Å². The molecule has 0 saturated heterocycles. The van der Waals surface area contributed by atoms with E-state index in [1.807, 2.05) is 0 Å². The smallest absolute Gasteiger partial charge is 0.223 e. The van der Waals surface area contributed by atoms with E-state index in [2.05, 4.69) is 58.4 Å². The molecule has 146 valence electrons. The maximum atomic E-state index is 11.7. The standard InChI is InChI=1S/C19H33N5OS/c1-4-20-19(22-11-10-21-18(25)15-7-8-15)23-13-17(24(5-2)6-3)16-9-12-26-14-16/h9,12,14-15,17H,4-8,10-11,13H2,1-3H3,(H,21,25)(H2,20,22,23). The van der Waals surface area contributed by atoms with Crippen LogP contribution in [0.25, 0.3) is 0 Å². The molecule has 1 aromatic rings. The Morgan fingerprint density at radius 1 is 1.23 bits per heavy atom. The van der Waals surface area contributed by atoms with Crippen LogP contribution in [0, 0.1) is 5.92 Å². The van der Waals surface area contributed by atoms with E-state index < -0.39 is 0 Å². The largest absolute Gasteiger partial charge is 0.357 e. The van der Waals surface area contributed by atoms with Crippen molar-refractivity contribution in [2.45, 2.75) is 39.7 Å². The summed E-state index contributed by atoms with van der Waals surface area (Å²) in [4.78, 5) is 18.9. The lowest BCUT2D eigenvalue weighted by molar-refractivity contribution is -0.122. The Morgan fingerprint density at radius 3 is 2.54 bits per heavy atom. The van der Waals surface area contributed by atoms with Crippen LogP contribution < -0.4 is 16.0 Å². The fourth-order valence-electron chi connectivity index (χ4n) is 2.94. The Hall–Kier alpha value is -1.60. The maximum absolute atomic E-state index is 11.7. The molecule has 0 aromatic carbocycles. The predicted molar refractivity (Wildman–Crippen MR) is 110 cm³/mol. The number of likely N-dealkylation sites (N-methyl/N-ethyl adjacent to an activating group) is 1. The fourth-order valence-corrected chi connectivity index (χ4v) is 3.64. The first-order valence-corrected chi connectivity index (χ1v) is 10.7. The van der Waals surface area contributed by atoms with Crippen LogP contribution in [0.2, 0.25) is 0 Å². The normalized spacial score (nSPS) is 15.8. The molecule has 1 fully saturated rings. The molecular formula is C19H33N5OS. The van der Waals surface area contributed by atoms with Gasteiger partial charge in [-0.15, -0.1) is 0 Å². The molecule has 1 unspecified atom stereocenters. The van der Waals surface area contributed by atoms with Gasteiger partial charge in [-0.25, -0.2) is 0 Å². The highest BCUT2D eigenvalue weighted by molar-refractivity contribution is 7.07. The van der Waals surface area contributed by atoms with Crippen LogP contribution in [-0.2, 0) is 4.79 Å². The van der Waals surface area contributed by atoms with Gasteiger partial charge in [0, 0.05) is 25.6 Å². The molecule has 1 heterocycles. The molecule has 1 aromatic heterocycles. The van der Waals surface area contributed by atoms with E-state index in [-0.39, 0.29) is 11.8 Å². The molecule has 0 aliphatic heterocycles. The van der Waals surface area contributed by atoms with Crippen molar-refractivity contribution in [3.63, 3.8) is 0 Å². The summed E-state index contributed by atoms with van der Waals surface area (Å²) in [5.41, 5.74) is 1.33. The quantitative estimate of drug-likeness (QED) is 0.313. The second-order valence-corrected chi connectivity index (χ2v) is 7.29. The minimum atomic E-state index is 0.188. The third kappa shape index (κ3) is 6.61. The topological polar surface area (TPSA) is 68.8 Å². The van der Waals surface area contributed by atoms with Crippen molar-refractivity contribution in [3.8, 4) is 0 Å². The van der Waals surface area contributed by atoms with Gasteiger partial charge in [0.2, 0.25) is 5.91 Å². The molecule has 26 heavy (non-hydrogen) atoms. The number of guanidine groups is 1. The number of nitrogens with one attached hydrogen (secondary N) is 3. The summed E-state index contributed by atoms with van der Waals surface area (Å²) in [5.74, 6) is 1.26. The van der Waals surface area contributed by atoms with Crippen molar-refractivity contribution in [3.05, 3.63) is 22.4 Å². The number of carbonyl (C=O) groups excluding carboxylic acids is 1. The first-order chi connectivity index (χ1) is 12.7. The number of aliphatic imine (C=N–C) groups is 1. The molecule has 2 rings (SSSR count). The minimum Gasteiger partial charge on any atom is -0.357 e. The molecule has 0 bridgehead atoms. The van der Waals surface area contributed by atoms with Crippen molar-refractivity contribution < 1.29 is 4.79 Å². The van der Waals surface area contributed by atoms with Crippen molar-refractivity contribution >= 4 is 23.2 Å². The molecule has 6 nitrogen and oxygen atoms in total. The Morgan fingerprint density at radius 2 is 1.96 bits per heavy atom. The Labute approximate surface area is 161 Å². The second kappa shape index (κ2) is 11.2. The zero-order chi connectivity index (χ0) is 18.8. The summed E-state index contributed by atoms with van der Waals surface area (Å²) >= 11 is 1.73. The molecule has 1 saturated carbocycles. The first kappa shape index (κ1) is 20.7. The highest BCUT2D eigenvalue weighted by atomic mass is 32.1. The zero-order valence-corrected chi connectivity index (χ0v) is 17.1. The van der Waals surface area contributed by atoms with Gasteiger partial charge in [0.15, 0.2) is 5.96 Å². The van der Waals surface area contributed by atoms with Crippen molar-refractivity contribution in [1.29, 1.82) is 0 Å². The van der Waals surface area contributed by atoms with Gasteiger partial charge in [0.05, 0.1) is 12.6 Å². The lowest BCUT2D eigenvalue weighted by Gasteiger charge is -2.28. The highest BCUT2D eigenvalue weighted by Crippen LogP contribution is 2.28. The van der Waals surface area contributed by atoms with Crippen molar-refractivity contribution in [1.82, 2.24) is 20.9 Å². The van der Waals surface area contributed by atoms with E-state index in [9.17, 15) is 4.79 Å². The van der Waals surface area contributed by atoms with E-state index in [4.69, 9.17) is 4.99 Å². The van der Waals surface area contributed by atoms with E-state index in [0.29, 0.717) is 25.7 Å². The fraction of sp³-hybridized carbons (Fsp3) is 0.684.